The molecule has 2 aliphatic heterocycles. The van der Waals surface area contributed by atoms with E-state index in [1.165, 1.54) is 9.18 Å². The van der Waals surface area contributed by atoms with Crippen LogP contribution in [0.25, 0.3) is 0 Å². The Morgan fingerprint density at radius 3 is 2.38 bits per heavy atom. The standard InChI is InChI=1S/C22H30N4O4S2/c1-18-4-6-19(7-5-18)32(28,29)26-10-8-25(9-11-26)22(27)23-17-20(21-3-2-16-31-21)24-12-14-30-15-13-24/h2-7,16,20H,8-15,17H2,1H3,(H,23,27)/t20-/m1/s1. The van der Waals surface area contributed by atoms with Crippen LogP contribution in [0.3, 0.4) is 0 Å². The zero-order chi connectivity index (χ0) is 22.6. The van der Waals surface area contributed by atoms with E-state index in [0.29, 0.717) is 50.8 Å². The van der Waals surface area contributed by atoms with Gasteiger partial charge >= 0.3 is 6.03 Å². The summed E-state index contributed by atoms with van der Waals surface area (Å²) in [4.78, 5) is 18.4. The summed E-state index contributed by atoms with van der Waals surface area (Å²) in [6.45, 7) is 6.86. The molecule has 0 bridgehead atoms. The van der Waals surface area contributed by atoms with Gasteiger partial charge < -0.3 is 15.0 Å². The van der Waals surface area contributed by atoms with Crippen molar-refractivity contribution >= 4 is 27.4 Å². The lowest BCUT2D eigenvalue weighted by molar-refractivity contribution is 0.0171. The summed E-state index contributed by atoms with van der Waals surface area (Å²) in [7, 11) is -3.54. The smallest absolute Gasteiger partial charge is 0.317 e. The quantitative estimate of drug-likeness (QED) is 0.688. The number of nitrogens with one attached hydrogen (secondary N) is 1. The monoisotopic (exact) mass is 478 g/mol. The van der Waals surface area contributed by atoms with E-state index < -0.39 is 10.0 Å². The summed E-state index contributed by atoms with van der Waals surface area (Å²) < 4.78 is 32.7. The minimum Gasteiger partial charge on any atom is -0.379 e. The summed E-state index contributed by atoms with van der Waals surface area (Å²) >= 11 is 1.69. The first-order chi connectivity index (χ1) is 15.4. The maximum Gasteiger partial charge on any atom is 0.317 e. The second-order valence-electron chi connectivity index (χ2n) is 8.07. The summed E-state index contributed by atoms with van der Waals surface area (Å²) in [5.41, 5.74) is 1.02. The van der Waals surface area contributed by atoms with Crippen LogP contribution in [0.2, 0.25) is 0 Å². The van der Waals surface area contributed by atoms with Crippen molar-refractivity contribution in [1.29, 1.82) is 0 Å². The van der Waals surface area contributed by atoms with Crippen molar-refractivity contribution in [3.8, 4) is 0 Å². The molecule has 1 N–H and O–H groups in total. The number of thiophene rings is 1. The molecule has 2 saturated heterocycles. The Balaban J connectivity index is 1.32. The highest BCUT2D eigenvalue weighted by Crippen LogP contribution is 2.25. The van der Waals surface area contributed by atoms with Crippen molar-refractivity contribution < 1.29 is 17.9 Å². The summed E-state index contributed by atoms with van der Waals surface area (Å²) in [6, 6.07) is 11.0. The highest BCUT2D eigenvalue weighted by atomic mass is 32.2. The number of urea groups is 1. The Bertz CT molecular complexity index is 981. The van der Waals surface area contributed by atoms with Gasteiger partial charge in [-0.2, -0.15) is 4.31 Å². The molecule has 8 nitrogen and oxygen atoms in total. The molecular formula is C22H30N4O4S2. The van der Waals surface area contributed by atoms with Crippen LogP contribution in [0, 0.1) is 6.92 Å². The predicted molar refractivity (Wildman–Crippen MR) is 124 cm³/mol. The molecule has 1 aromatic heterocycles. The average molecular weight is 479 g/mol. The van der Waals surface area contributed by atoms with Crippen molar-refractivity contribution in [2.24, 2.45) is 0 Å². The number of ether oxygens (including phenoxy) is 1. The second-order valence-corrected chi connectivity index (χ2v) is 11.0. The highest BCUT2D eigenvalue weighted by molar-refractivity contribution is 7.89. The number of carbonyl (C=O) groups excluding carboxylic acids is 1. The number of benzene rings is 1. The van der Waals surface area contributed by atoms with Crippen LogP contribution in [0.15, 0.2) is 46.7 Å². The molecular weight excluding hydrogens is 448 g/mol. The van der Waals surface area contributed by atoms with E-state index in [1.54, 1.807) is 40.5 Å². The van der Waals surface area contributed by atoms with E-state index in [2.05, 4.69) is 21.7 Å². The van der Waals surface area contributed by atoms with Gasteiger partial charge in [-0.15, -0.1) is 11.3 Å². The van der Waals surface area contributed by atoms with E-state index in [4.69, 9.17) is 4.74 Å². The van der Waals surface area contributed by atoms with Crippen LogP contribution in [-0.2, 0) is 14.8 Å². The lowest BCUT2D eigenvalue weighted by atomic mass is 10.2. The molecule has 1 aromatic carbocycles. The zero-order valence-electron chi connectivity index (χ0n) is 18.3. The fraction of sp³-hybridized carbons (Fsp3) is 0.500. The molecule has 2 fully saturated rings. The fourth-order valence-electron chi connectivity index (χ4n) is 4.07. The number of hydrogen-bond donors (Lipinski definition) is 1. The minimum atomic E-state index is -3.54. The summed E-state index contributed by atoms with van der Waals surface area (Å²) in [6.07, 6.45) is 0. The van der Waals surface area contributed by atoms with E-state index in [1.807, 2.05) is 13.0 Å². The van der Waals surface area contributed by atoms with Gasteiger partial charge in [0.05, 0.1) is 24.2 Å². The number of aryl methyl sites for hydroxylation is 1. The summed E-state index contributed by atoms with van der Waals surface area (Å²) in [5, 5.41) is 5.13. The van der Waals surface area contributed by atoms with Crippen LogP contribution in [0.4, 0.5) is 4.79 Å². The molecule has 2 aromatic rings. The Hall–Kier alpha value is -1.98. The Kier molecular flexibility index (Phi) is 7.47. The molecule has 0 unspecified atom stereocenters. The van der Waals surface area contributed by atoms with Gasteiger partial charge in [-0.3, -0.25) is 4.90 Å². The van der Waals surface area contributed by atoms with Crippen molar-refractivity contribution in [1.82, 2.24) is 19.4 Å². The first-order valence-electron chi connectivity index (χ1n) is 10.9. The van der Waals surface area contributed by atoms with Crippen LogP contribution in [-0.4, -0.2) is 87.6 Å². The number of morpholine rings is 1. The van der Waals surface area contributed by atoms with E-state index in [0.717, 1.165) is 18.7 Å². The van der Waals surface area contributed by atoms with Gasteiger partial charge in [0, 0.05) is 50.7 Å². The molecule has 3 heterocycles. The number of carbonyl (C=O) groups is 1. The topological polar surface area (TPSA) is 82.2 Å². The van der Waals surface area contributed by atoms with E-state index in [-0.39, 0.29) is 12.1 Å². The molecule has 0 spiro atoms. The van der Waals surface area contributed by atoms with Crippen molar-refractivity contribution in [2.75, 3.05) is 59.0 Å². The normalized spacial score (nSPS) is 19.6. The minimum absolute atomic E-state index is 0.117. The van der Waals surface area contributed by atoms with Crippen LogP contribution >= 0.6 is 11.3 Å². The third-order valence-electron chi connectivity index (χ3n) is 5.99. The van der Waals surface area contributed by atoms with Gasteiger partial charge in [0.25, 0.3) is 0 Å². The Labute approximate surface area is 193 Å². The van der Waals surface area contributed by atoms with Gasteiger partial charge in [0.2, 0.25) is 10.0 Å². The van der Waals surface area contributed by atoms with E-state index >= 15 is 0 Å². The third kappa shape index (κ3) is 5.32. The lowest BCUT2D eigenvalue weighted by Gasteiger charge is -2.36. The second kappa shape index (κ2) is 10.3. The Morgan fingerprint density at radius 1 is 1.06 bits per heavy atom. The number of piperazine rings is 1. The van der Waals surface area contributed by atoms with Crippen molar-refractivity contribution in [3.05, 3.63) is 52.2 Å². The predicted octanol–water partition coefficient (Wildman–Crippen LogP) is 2.15. The van der Waals surface area contributed by atoms with Gasteiger partial charge in [-0.25, -0.2) is 13.2 Å². The SMILES string of the molecule is Cc1ccc(S(=O)(=O)N2CCN(C(=O)NC[C@H](c3cccs3)N3CCOCC3)CC2)cc1. The van der Waals surface area contributed by atoms with Gasteiger partial charge in [-0.1, -0.05) is 23.8 Å². The molecule has 2 amide bonds. The van der Waals surface area contributed by atoms with Gasteiger partial charge in [0.1, 0.15) is 0 Å². The molecule has 32 heavy (non-hydrogen) atoms. The Morgan fingerprint density at radius 2 is 1.75 bits per heavy atom. The molecule has 2 aliphatic rings. The first-order valence-corrected chi connectivity index (χ1v) is 13.2. The average Bonchev–Trinajstić information content (AvgIpc) is 3.35. The largest absolute Gasteiger partial charge is 0.379 e. The van der Waals surface area contributed by atoms with Crippen LogP contribution in [0.5, 0.6) is 0 Å². The van der Waals surface area contributed by atoms with Crippen molar-refractivity contribution in [3.63, 3.8) is 0 Å². The van der Waals surface area contributed by atoms with Crippen LogP contribution < -0.4 is 5.32 Å². The highest BCUT2D eigenvalue weighted by Gasteiger charge is 2.31. The molecule has 0 radical (unpaired) electrons. The number of rotatable bonds is 6. The number of sulfonamides is 1. The molecule has 0 aliphatic carbocycles. The summed E-state index contributed by atoms with van der Waals surface area (Å²) in [5.74, 6) is 0. The molecule has 0 saturated carbocycles. The molecule has 4 rings (SSSR count). The van der Waals surface area contributed by atoms with E-state index in [9.17, 15) is 13.2 Å². The number of hydrogen-bond acceptors (Lipinski definition) is 6. The number of amides is 2. The molecule has 174 valence electrons. The van der Waals surface area contributed by atoms with Gasteiger partial charge in [0.15, 0.2) is 0 Å². The van der Waals surface area contributed by atoms with Gasteiger partial charge in [-0.05, 0) is 30.5 Å². The molecule has 10 heteroatoms. The maximum absolute atomic E-state index is 12.9. The number of nitrogens with zero attached hydrogens (tertiary/aromatic N) is 3. The van der Waals surface area contributed by atoms with Crippen molar-refractivity contribution in [2.45, 2.75) is 17.9 Å². The maximum atomic E-state index is 12.9. The molecule has 1 atom stereocenters. The first kappa shape index (κ1) is 23.2. The third-order valence-corrected chi connectivity index (χ3v) is 8.88. The fourth-order valence-corrected chi connectivity index (χ4v) is 6.35. The lowest BCUT2D eigenvalue weighted by Crippen LogP contribution is -2.54. The zero-order valence-corrected chi connectivity index (χ0v) is 19.9. The van der Waals surface area contributed by atoms with Crippen LogP contribution in [0.1, 0.15) is 16.5 Å².